The van der Waals surface area contributed by atoms with Gasteiger partial charge < -0.3 is 4.74 Å². The van der Waals surface area contributed by atoms with Crippen LogP contribution < -0.4 is 0 Å². The highest BCUT2D eigenvalue weighted by atomic mass is 35.5. The molecular formula is C8H15ClO. The molecule has 1 fully saturated rings. The van der Waals surface area contributed by atoms with E-state index in [-0.39, 0.29) is 0 Å². The number of halogens is 1. The molecule has 10 heavy (non-hydrogen) atoms. The zero-order chi connectivity index (χ0) is 7.61. The molecule has 1 nitrogen and oxygen atoms in total. The van der Waals surface area contributed by atoms with Crippen LogP contribution in [0.4, 0.5) is 0 Å². The molecule has 0 N–H and O–H groups in total. The van der Waals surface area contributed by atoms with Gasteiger partial charge >= 0.3 is 0 Å². The fraction of sp³-hybridized carbons (Fsp3) is 1.00. The summed E-state index contributed by atoms with van der Waals surface area (Å²) in [5, 5.41) is 0. The van der Waals surface area contributed by atoms with E-state index in [0.29, 0.717) is 5.41 Å². The van der Waals surface area contributed by atoms with Gasteiger partial charge in [-0.3, -0.25) is 0 Å². The van der Waals surface area contributed by atoms with Crippen molar-refractivity contribution >= 4 is 11.6 Å². The van der Waals surface area contributed by atoms with Crippen LogP contribution in [-0.4, -0.2) is 19.6 Å². The summed E-state index contributed by atoms with van der Waals surface area (Å²) in [6.07, 6.45) is 2.48. The van der Waals surface area contributed by atoms with Crippen LogP contribution >= 0.6 is 11.6 Å². The normalized spacial score (nSPS) is 39.3. The average molecular weight is 163 g/mol. The van der Waals surface area contributed by atoms with E-state index < -0.39 is 0 Å². The molecule has 0 atom stereocenters. The van der Waals surface area contributed by atoms with Crippen molar-refractivity contribution in [3.8, 4) is 0 Å². The maximum absolute atomic E-state index is 5.82. The minimum Gasteiger partial charge on any atom is -0.384 e. The fourth-order valence-corrected chi connectivity index (χ4v) is 2.29. The molecule has 0 saturated heterocycles. The van der Waals surface area contributed by atoms with Gasteiger partial charge in [0, 0.05) is 18.4 Å². The molecule has 0 heterocycles. The highest BCUT2D eigenvalue weighted by Crippen LogP contribution is 2.46. The van der Waals surface area contributed by atoms with Crippen molar-refractivity contribution in [2.45, 2.75) is 19.8 Å². The number of hydrogen-bond donors (Lipinski definition) is 0. The predicted molar refractivity (Wildman–Crippen MR) is 43.4 cm³/mol. The first-order valence-corrected chi connectivity index (χ1v) is 4.31. The SMILES string of the molecule is COCC1(CCl)CC(C)C1. The van der Waals surface area contributed by atoms with Gasteiger partial charge in [-0.15, -0.1) is 11.6 Å². The molecule has 0 aliphatic heterocycles. The van der Waals surface area contributed by atoms with Gasteiger partial charge in [0.2, 0.25) is 0 Å². The number of rotatable bonds is 3. The van der Waals surface area contributed by atoms with Crippen molar-refractivity contribution < 1.29 is 4.74 Å². The highest BCUT2D eigenvalue weighted by molar-refractivity contribution is 6.18. The van der Waals surface area contributed by atoms with Gasteiger partial charge in [0.15, 0.2) is 0 Å². The Kier molecular flexibility index (Phi) is 2.59. The van der Waals surface area contributed by atoms with E-state index >= 15 is 0 Å². The molecule has 0 radical (unpaired) electrons. The Hall–Kier alpha value is 0.250. The van der Waals surface area contributed by atoms with Crippen LogP contribution in [0.25, 0.3) is 0 Å². The van der Waals surface area contributed by atoms with Gasteiger partial charge in [0.25, 0.3) is 0 Å². The summed E-state index contributed by atoms with van der Waals surface area (Å²) in [6.45, 7) is 3.10. The molecule has 1 aliphatic carbocycles. The van der Waals surface area contributed by atoms with Crippen LogP contribution in [0, 0.1) is 11.3 Å². The molecule has 1 aliphatic rings. The Morgan fingerprint density at radius 3 is 2.50 bits per heavy atom. The van der Waals surface area contributed by atoms with Crippen LogP contribution in [-0.2, 0) is 4.74 Å². The van der Waals surface area contributed by atoms with Gasteiger partial charge in [-0.25, -0.2) is 0 Å². The quantitative estimate of drug-likeness (QED) is 0.579. The summed E-state index contributed by atoms with van der Waals surface area (Å²) in [5.74, 6) is 1.61. The van der Waals surface area contributed by atoms with E-state index in [4.69, 9.17) is 16.3 Å². The van der Waals surface area contributed by atoms with Crippen LogP contribution in [0.5, 0.6) is 0 Å². The molecule has 1 rings (SSSR count). The molecule has 0 aromatic carbocycles. The Bertz CT molecular complexity index is 102. The summed E-state index contributed by atoms with van der Waals surface area (Å²) in [4.78, 5) is 0. The average Bonchev–Trinajstić information content (AvgIpc) is 1.84. The standard InChI is InChI=1S/C8H15ClO/c1-7-3-8(4-7,5-9)6-10-2/h7H,3-6H2,1-2H3. The molecule has 1 saturated carbocycles. The van der Waals surface area contributed by atoms with E-state index in [1.54, 1.807) is 7.11 Å². The Morgan fingerprint density at radius 2 is 2.20 bits per heavy atom. The van der Waals surface area contributed by atoms with Crippen LogP contribution in [0.2, 0.25) is 0 Å². The van der Waals surface area contributed by atoms with Crippen molar-refractivity contribution in [3.05, 3.63) is 0 Å². The van der Waals surface area contributed by atoms with Gasteiger partial charge in [0.1, 0.15) is 0 Å². The lowest BCUT2D eigenvalue weighted by atomic mass is 9.64. The molecule has 0 aromatic rings. The molecular weight excluding hydrogens is 148 g/mol. The molecule has 0 amide bonds. The monoisotopic (exact) mass is 162 g/mol. The number of hydrogen-bond acceptors (Lipinski definition) is 1. The lowest BCUT2D eigenvalue weighted by molar-refractivity contribution is 0.000786. The summed E-state index contributed by atoms with van der Waals surface area (Å²) in [6, 6.07) is 0. The summed E-state index contributed by atoms with van der Waals surface area (Å²) in [7, 11) is 1.75. The number of methoxy groups -OCH3 is 1. The topological polar surface area (TPSA) is 9.23 Å². The van der Waals surface area contributed by atoms with Crippen LogP contribution in [0.3, 0.4) is 0 Å². The molecule has 0 bridgehead atoms. The van der Waals surface area contributed by atoms with Crippen molar-refractivity contribution in [1.29, 1.82) is 0 Å². The van der Waals surface area contributed by atoms with Crippen molar-refractivity contribution in [3.63, 3.8) is 0 Å². The number of alkyl halides is 1. The zero-order valence-corrected chi connectivity index (χ0v) is 7.45. The minimum absolute atomic E-state index is 0.329. The van der Waals surface area contributed by atoms with Crippen LogP contribution in [0.1, 0.15) is 19.8 Å². The van der Waals surface area contributed by atoms with Gasteiger partial charge in [-0.2, -0.15) is 0 Å². The second-order valence-corrected chi connectivity index (χ2v) is 3.85. The second kappa shape index (κ2) is 3.10. The minimum atomic E-state index is 0.329. The van der Waals surface area contributed by atoms with Gasteiger partial charge in [-0.1, -0.05) is 6.92 Å². The highest BCUT2D eigenvalue weighted by Gasteiger charge is 2.41. The lowest BCUT2D eigenvalue weighted by Gasteiger charge is -2.44. The lowest BCUT2D eigenvalue weighted by Crippen LogP contribution is -2.41. The van der Waals surface area contributed by atoms with E-state index in [0.717, 1.165) is 18.4 Å². The molecule has 0 aromatic heterocycles. The van der Waals surface area contributed by atoms with Gasteiger partial charge in [-0.05, 0) is 18.8 Å². The smallest absolute Gasteiger partial charge is 0.0530 e. The van der Waals surface area contributed by atoms with Gasteiger partial charge in [0.05, 0.1) is 6.61 Å². The largest absolute Gasteiger partial charge is 0.384 e. The fourth-order valence-electron chi connectivity index (χ4n) is 1.99. The van der Waals surface area contributed by atoms with Crippen molar-refractivity contribution in [1.82, 2.24) is 0 Å². The van der Waals surface area contributed by atoms with E-state index in [2.05, 4.69) is 6.92 Å². The Labute approximate surface area is 67.7 Å². The van der Waals surface area contributed by atoms with E-state index in [1.165, 1.54) is 12.8 Å². The molecule has 2 heteroatoms. The maximum Gasteiger partial charge on any atom is 0.0530 e. The van der Waals surface area contributed by atoms with Crippen molar-refractivity contribution in [2.75, 3.05) is 19.6 Å². The Morgan fingerprint density at radius 1 is 1.60 bits per heavy atom. The van der Waals surface area contributed by atoms with E-state index in [9.17, 15) is 0 Å². The van der Waals surface area contributed by atoms with E-state index in [1.807, 2.05) is 0 Å². The molecule has 0 spiro atoms. The predicted octanol–water partition coefficient (Wildman–Crippen LogP) is 2.29. The summed E-state index contributed by atoms with van der Waals surface area (Å²) < 4.78 is 5.10. The third kappa shape index (κ3) is 1.46. The molecule has 0 unspecified atom stereocenters. The summed E-state index contributed by atoms with van der Waals surface area (Å²) in [5.41, 5.74) is 0.329. The first kappa shape index (κ1) is 8.35. The molecule has 60 valence electrons. The van der Waals surface area contributed by atoms with Crippen molar-refractivity contribution in [2.24, 2.45) is 11.3 Å². The maximum atomic E-state index is 5.82. The second-order valence-electron chi connectivity index (χ2n) is 3.58. The Balaban J connectivity index is 2.32. The third-order valence-electron chi connectivity index (χ3n) is 2.30. The first-order valence-electron chi connectivity index (χ1n) is 3.77. The first-order chi connectivity index (χ1) is 4.72. The third-order valence-corrected chi connectivity index (χ3v) is 2.86. The zero-order valence-electron chi connectivity index (χ0n) is 6.69. The van der Waals surface area contributed by atoms with Crippen LogP contribution in [0.15, 0.2) is 0 Å². The summed E-state index contributed by atoms with van der Waals surface area (Å²) >= 11 is 5.82. The number of ether oxygens (including phenoxy) is 1.